The minimum Gasteiger partial charge on any atom is -0.352 e. The molecular formula is C19H24ClN3O2. The summed E-state index contributed by atoms with van der Waals surface area (Å²) >= 11 is 0. The van der Waals surface area contributed by atoms with Crippen LogP contribution in [0.25, 0.3) is 0 Å². The Labute approximate surface area is 154 Å². The van der Waals surface area contributed by atoms with Crippen molar-refractivity contribution in [3.05, 3.63) is 65.7 Å². The molecule has 0 aliphatic carbocycles. The van der Waals surface area contributed by atoms with Gasteiger partial charge in [0.2, 0.25) is 11.8 Å². The third-order valence-corrected chi connectivity index (χ3v) is 3.88. The fourth-order valence-corrected chi connectivity index (χ4v) is 2.39. The first-order valence-electron chi connectivity index (χ1n) is 7.92. The van der Waals surface area contributed by atoms with E-state index in [4.69, 9.17) is 5.73 Å². The van der Waals surface area contributed by atoms with E-state index in [1.54, 1.807) is 0 Å². The quantitative estimate of drug-likeness (QED) is 0.739. The number of amides is 2. The molecule has 2 unspecified atom stereocenters. The Kier molecular flexibility index (Phi) is 8.11. The third-order valence-electron chi connectivity index (χ3n) is 3.88. The largest absolute Gasteiger partial charge is 0.352 e. The molecular weight excluding hydrogens is 338 g/mol. The molecule has 2 amide bonds. The first kappa shape index (κ1) is 20.7. The molecule has 5 nitrogen and oxygen atoms in total. The van der Waals surface area contributed by atoms with Crippen LogP contribution in [-0.2, 0) is 16.1 Å². The van der Waals surface area contributed by atoms with E-state index in [1.807, 2.05) is 61.5 Å². The second-order valence-electron chi connectivity index (χ2n) is 5.82. The van der Waals surface area contributed by atoms with Crippen LogP contribution in [0.15, 0.2) is 54.6 Å². The molecule has 0 aromatic heterocycles. The second kappa shape index (κ2) is 9.81. The van der Waals surface area contributed by atoms with Crippen molar-refractivity contribution in [1.29, 1.82) is 0 Å². The zero-order valence-electron chi connectivity index (χ0n) is 14.4. The Morgan fingerprint density at radius 3 is 2.20 bits per heavy atom. The van der Waals surface area contributed by atoms with E-state index in [0.717, 1.165) is 16.8 Å². The molecule has 6 heteroatoms. The second-order valence-corrected chi connectivity index (χ2v) is 5.82. The molecule has 25 heavy (non-hydrogen) atoms. The molecule has 0 aliphatic heterocycles. The van der Waals surface area contributed by atoms with Gasteiger partial charge in [-0.05, 0) is 23.3 Å². The maximum Gasteiger partial charge on any atom is 0.225 e. The highest BCUT2D eigenvalue weighted by Crippen LogP contribution is 2.19. The predicted octanol–water partition coefficient (Wildman–Crippen LogP) is 3.02. The summed E-state index contributed by atoms with van der Waals surface area (Å²) in [6.07, 6.45) is 0. The summed E-state index contributed by atoms with van der Waals surface area (Å²) in [5.41, 5.74) is 8.81. The van der Waals surface area contributed by atoms with Gasteiger partial charge in [-0.15, -0.1) is 12.4 Å². The van der Waals surface area contributed by atoms with Gasteiger partial charge in [0.15, 0.2) is 0 Å². The van der Waals surface area contributed by atoms with Gasteiger partial charge >= 0.3 is 0 Å². The molecule has 134 valence electrons. The molecule has 0 heterocycles. The highest BCUT2D eigenvalue weighted by atomic mass is 35.5. The van der Waals surface area contributed by atoms with Gasteiger partial charge in [-0.3, -0.25) is 9.59 Å². The van der Waals surface area contributed by atoms with Crippen molar-refractivity contribution in [2.24, 2.45) is 11.7 Å². The molecule has 2 aromatic carbocycles. The lowest BCUT2D eigenvalue weighted by molar-refractivity contribution is -0.125. The maximum atomic E-state index is 12.3. The standard InChI is InChI=1S/C19H23N3O2.ClH/c1-13(18(20)16-6-4-3-5-7-16)19(24)21-12-15-8-10-17(11-9-15)22-14(2)23;/h3-11,13,18H,12,20H2,1-2H3,(H,21,24)(H,22,23);1H. The third kappa shape index (κ3) is 6.21. The number of halogens is 1. The summed E-state index contributed by atoms with van der Waals surface area (Å²) in [5.74, 6) is -0.525. The number of anilines is 1. The van der Waals surface area contributed by atoms with Crippen LogP contribution < -0.4 is 16.4 Å². The van der Waals surface area contributed by atoms with E-state index in [0.29, 0.717) is 6.54 Å². The van der Waals surface area contributed by atoms with E-state index in [-0.39, 0.29) is 36.2 Å². The minimum absolute atomic E-state index is 0. The first-order valence-corrected chi connectivity index (χ1v) is 7.92. The fourth-order valence-electron chi connectivity index (χ4n) is 2.39. The Morgan fingerprint density at radius 1 is 1.04 bits per heavy atom. The van der Waals surface area contributed by atoms with Gasteiger partial charge < -0.3 is 16.4 Å². The van der Waals surface area contributed by atoms with Gasteiger partial charge in [-0.25, -0.2) is 0 Å². The average molecular weight is 362 g/mol. The Hall–Kier alpha value is -2.37. The van der Waals surface area contributed by atoms with Crippen LogP contribution in [0.1, 0.15) is 31.0 Å². The Balaban J connectivity index is 0.00000312. The molecule has 0 radical (unpaired) electrons. The monoisotopic (exact) mass is 361 g/mol. The summed E-state index contributed by atoms with van der Waals surface area (Å²) in [4.78, 5) is 23.3. The Bertz CT molecular complexity index is 690. The number of hydrogen-bond acceptors (Lipinski definition) is 3. The summed E-state index contributed by atoms with van der Waals surface area (Å²) in [6, 6.07) is 16.6. The number of nitrogens with two attached hydrogens (primary N) is 1. The van der Waals surface area contributed by atoms with Crippen molar-refractivity contribution in [2.45, 2.75) is 26.4 Å². The molecule has 0 spiro atoms. The topological polar surface area (TPSA) is 84.2 Å². The normalized spacial score (nSPS) is 12.4. The van der Waals surface area contributed by atoms with E-state index in [2.05, 4.69) is 10.6 Å². The van der Waals surface area contributed by atoms with Gasteiger partial charge in [0.1, 0.15) is 0 Å². The molecule has 0 saturated carbocycles. The van der Waals surface area contributed by atoms with E-state index >= 15 is 0 Å². The molecule has 0 saturated heterocycles. The van der Waals surface area contributed by atoms with Crippen LogP contribution in [0.3, 0.4) is 0 Å². The maximum absolute atomic E-state index is 12.3. The molecule has 0 aliphatic rings. The van der Waals surface area contributed by atoms with Crippen molar-refractivity contribution in [1.82, 2.24) is 5.32 Å². The Morgan fingerprint density at radius 2 is 1.64 bits per heavy atom. The zero-order chi connectivity index (χ0) is 17.5. The van der Waals surface area contributed by atoms with E-state index < -0.39 is 0 Å². The molecule has 2 rings (SSSR count). The fraction of sp³-hybridized carbons (Fsp3) is 0.263. The molecule has 0 bridgehead atoms. The predicted molar refractivity (Wildman–Crippen MR) is 102 cm³/mol. The zero-order valence-corrected chi connectivity index (χ0v) is 15.2. The van der Waals surface area contributed by atoms with Crippen LogP contribution in [0.4, 0.5) is 5.69 Å². The van der Waals surface area contributed by atoms with Crippen molar-refractivity contribution >= 4 is 29.9 Å². The van der Waals surface area contributed by atoms with Crippen molar-refractivity contribution < 1.29 is 9.59 Å². The number of benzene rings is 2. The van der Waals surface area contributed by atoms with Gasteiger partial charge in [0.25, 0.3) is 0 Å². The number of nitrogens with one attached hydrogen (secondary N) is 2. The highest BCUT2D eigenvalue weighted by molar-refractivity contribution is 5.88. The van der Waals surface area contributed by atoms with E-state index in [9.17, 15) is 9.59 Å². The van der Waals surface area contributed by atoms with E-state index in [1.165, 1.54) is 6.92 Å². The lowest BCUT2D eigenvalue weighted by Gasteiger charge is -2.20. The summed E-state index contributed by atoms with van der Waals surface area (Å²) in [7, 11) is 0. The lowest BCUT2D eigenvalue weighted by atomic mass is 9.94. The molecule has 4 N–H and O–H groups in total. The van der Waals surface area contributed by atoms with Gasteiger partial charge in [0, 0.05) is 25.2 Å². The van der Waals surface area contributed by atoms with Crippen LogP contribution >= 0.6 is 12.4 Å². The first-order chi connectivity index (χ1) is 11.5. The molecule has 2 aromatic rings. The summed E-state index contributed by atoms with van der Waals surface area (Å²) < 4.78 is 0. The van der Waals surface area contributed by atoms with Crippen molar-refractivity contribution in [3.8, 4) is 0 Å². The summed E-state index contributed by atoms with van der Waals surface area (Å²) in [5, 5.41) is 5.61. The number of carbonyl (C=O) groups excluding carboxylic acids is 2. The molecule has 2 atom stereocenters. The molecule has 0 fully saturated rings. The lowest BCUT2D eigenvalue weighted by Crippen LogP contribution is -2.35. The number of carbonyl (C=O) groups is 2. The van der Waals surface area contributed by atoms with Gasteiger partial charge in [0.05, 0.1) is 5.92 Å². The van der Waals surface area contributed by atoms with Crippen LogP contribution in [0, 0.1) is 5.92 Å². The SMILES string of the molecule is CC(=O)Nc1ccc(CNC(=O)C(C)C(N)c2ccccc2)cc1.Cl. The number of hydrogen-bond donors (Lipinski definition) is 3. The van der Waals surface area contributed by atoms with Gasteiger partial charge in [-0.2, -0.15) is 0 Å². The average Bonchev–Trinajstić information content (AvgIpc) is 2.60. The van der Waals surface area contributed by atoms with Crippen molar-refractivity contribution in [3.63, 3.8) is 0 Å². The number of rotatable bonds is 6. The smallest absolute Gasteiger partial charge is 0.225 e. The van der Waals surface area contributed by atoms with Crippen molar-refractivity contribution in [2.75, 3.05) is 5.32 Å². The minimum atomic E-state index is -0.339. The van der Waals surface area contributed by atoms with Crippen LogP contribution in [0.2, 0.25) is 0 Å². The summed E-state index contributed by atoms with van der Waals surface area (Å²) in [6.45, 7) is 3.71. The van der Waals surface area contributed by atoms with Crippen LogP contribution in [-0.4, -0.2) is 11.8 Å². The van der Waals surface area contributed by atoms with Crippen LogP contribution in [0.5, 0.6) is 0 Å². The highest BCUT2D eigenvalue weighted by Gasteiger charge is 2.21. The van der Waals surface area contributed by atoms with Gasteiger partial charge in [-0.1, -0.05) is 49.4 Å².